The zero-order valence-electron chi connectivity index (χ0n) is 17.1. The first-order valence-corrected chi connectivity index (χ1v) is 9.80. The van der Waals surface area contributed by atoms with Crippen LogP contribution in [0.3, 0.4) is 0 Å². The number of anilines is 1. The van der Waals surface area contributed by atoms with Gasteiger partial charge in [-0.2, -0.15) is 0 Å². The van der Waals surface area contributed by atoms with Crippen LogP contribution in [-0.4, -0.2) is 37.4 Å². The van der Waals surface area contributed by atoms with Crippen LogP contribution in [0.15, 0.2) is 48.5 Å². The summed E-state index contributed by atoms with van der Waals surface area (Å²) in [6.45, 7) is 4.77. The third-order valence-electron chi connectivity index (χ3n) is 5.23. The Hall–Kier alpha value is -2.82. The van der Waals surface area contributed by atoms with Crippen molar-refractivity contribution in [3.8, 4) is 0 Å². The summed E-state index contributed by atoms with van der Waals surface area (Å²) in [6, 6.07) is 15.5. The molecule has 1 N–H and O–H groups in total. The third-order valence-corrected chi connectivity index (χ3v) is 5.23. The topological polar surface area (TPSA) is 52.7 Å². The van der Waals surface area contributed by atoms with Crippen LogP contribution in [0.25, 0.3) is 0 Å². The Morgan fingerprint density at radius 2 is 1.79 bits per heavy atom. The number of hydrogen-bond donors (Lipinski definition) is 1. The monoisotopic (exact) mass is 379 g/mol. The maximum atomic E-state index is 13.1. The number of benzene rings is 2. The van der Waals surface area contributed by atoms with E-state index in [1.54, 1.807) is 4.90 Å². The number of rotatable bonds is 5. The molecule has 1 atom stereocenters. The van der Waals surface area contributed by atoms with Gasteiger partial charge in [0.25, 0.3) is 0 Å². The predicted molar refractivity (Wildman–Crippen MR) is 112 cm³/mol. The van der Waals surface area contributed by atoms with Crippen molar-refractivity contribution in [2.75, 3.05) is 25.5 Å². The summed E-state index contributed by atoms with van der Waals surface area (Å²) in [5.74, 6) is -0.248. The largest absolute Gasteiger partial charge is 0.378 e. The zero-order valence-corrected chi connectivity index (χ0v) is 17.1. The van der Waals surface area contributed by atoms with Crippen LogP contribution in [0, 0.1) is 5.92 Å². The van der Waals surface area contributed by atoms with Gasteiger partial charge in [0.15, 0.2) is 0 Å². The Kier molecular flexibility index (Phi) is 6.02. The van der Waals surface area contributed by atoms with Gasteiger partial charge in [0.1, 0.15) is 6.04 Å². The first-order valence-electron chi connectivity index (χ1n) is 9.80. The number of nitrogens with one attached hydrogen (secondary N) is 1. The molecule has 1 aliphatic rings. The van der Waals surface area contributed by atoms with E-state index in [4.69, 9.17) is 0 Å². The summed E-state index contributed by atoms with van der Waals surface area (Å²) < 4.78 is 0. The Labute approximate surface area is 167 Å². The number of hydrogen-bond acceptors (Lipinski definition) is 3. The maximum absolute atomic E-state index is 13.1. The molecule has 0 unspecified atom stereocenters. The summed E-state index contributed by atoms with van der Waals surface area (Å²) in [7, 11) is 4.00. The summed E-state index contributed by atoms with van der Waals surface area (Å²) >= 11 is 0. The SMILES string of the molecule is CC(C)C(=O)N1CCc2ccccc2[C@H]1C(=O)NCc1ccc(N(C)C)cc1. The smallest absolute Gasteiger partial charge is 0.247 e. The second-order valence-electron chi connectivity index (χ2n) is 7.82. The molecule has 2 amide bonds. The van der Waals surface area contributed by atoms with Crippen molar-refractivity contribution in [2.45, 2.75) is 32.9 Å². The van der Waals surface area contributed by atoms with E-state index >= 15 is 0 Å². The molecule has 5 heteroatoms. The Balaban J connectivity index is 1.79. The standard InChI is InChI=1S/C23H29N3O2/c1-16(2)23(28)26-14-13-18-7-5-6-8-20(18)21(26)22(27)24-15-17-9-11-19(12-10-17)25(3)4/h5-12,16,21H,13-15H2,1-4H3,(H,24,27)/t21-/m0/s1. The lowest BCUT2D eigenvalue weighted by molar-refractivity contribution is -0.143. The molecule has 28 heavy (non-hydrogen) atoms. The molecule has 1 aliphatic heterocycles. The highest BCUT2D eigenvalue weighted by molar-refractivity contribution is 5.90. The van der Waals surface area contributed by atoms with Crippen LogP contribution in [0.2, 0.25) is 0 Å². The Morgan fingerprint density at radius 1 is 1.11 bits per heavy atom. The Morgan fingerprint density at radius 3 is 2.43 bits per heavy atom. The molecule has 148 valence electrons. The van der Waals surface area contributed by atoms with Gasteiger partial charge < -0.3 is 15.1 Å². The van der Waals surface area contributed by atoms with E-state index in [-0.39, 0.29) is 17.7 Å². The molecule has 1 heterocycles. The lowest BCUT2D eigenvalue weighted by Crippen LogP contribution is -2.48. The first-order chi connectivity index (χ1) is 13.4. The molecule has 0 radical (unpaired) electrons. The first kappa shape index (κ1) is 19.9. The van der Waals surface area contributed by atoms with Crippen LogP contribution < -0.4 is 10.2 Å². The van der Waals surface area contributed by atoms with E-state index < -0.39 is 6.04 Å². The molecule has 5 nitrogen and oxygen atoms in total. The normalized spacial score (nSPS) is 15.9. The zero-order chi connectivity index (χ0) is 20.3. The molecule has 2 aromatic carbocycles. The highest BCUT2D eigenvalue weighted by atomic mass is 16.2. The number of carbonyl (C=O) groups excluding carboxylic acids is 2. The van der Waals surface area contributed by atoms with Crippen molar-refractivity contribution in [3.05, 3.63) is 65.2 Å². The molecular weight excluding hydrogens is 350 g/mol. The van der Waals surface area contributed by atoms with Crippen molar-refractivity contribution < 1.29 is 9.59 Å². The summed E-state index contributed by atoms with van der Waals surface area (Å²) in [6.07, 6.45) is 0.782. The van der Waals surface area contributed by atoms with E-state index in [0.29, 0.717) is 13.1 Å². The van der Waals surface area contributed by atoms with Gasteiger partial charge in [-0.05, 0) is 35.2 Å². The quantitative estimate of drug-likeness (QED) is 0.868. The number of fused-ring (bicyclic) bond motifs is 1. The molecule has 0 saturated carbocycles. The molecule has 3 rings (SSSR count). The summed E-state index contributed by atoms with van der Waals surface area (Å²) in [5.41, 5.74) is 4.23. The van der Waals surface area contributed by atoms with E-state index in [1.165, 1.54) is 0 Å². The molecule has 0 aromatic heterocycles. The van der Waals surface area contributed by atoms with Gasteiger partial charge in [-0.1, -0.05) is 50.2 Å². The second-order valence-corrected chi connectivity index (χ2v) is 7.82. The minimum atomic E-state index is -0.569. The molecule has 2 aromatic rings. The van der Waals surface area contributed by atoms with Gasteiger partial charge >= 0.3 is 0 Å². The number of carbonyl (C=O) groups is 2. The maximum Gasteiger partial charge on any atom is 0.247 e. The molecular formula is C23H29N3O2. The lowest BCUT2D eigenvalue weighted by atomic mass is 9.91. The van der Waals surface area contributed by atoms with Gasteiger partial charge in [-0.15, -0.1) is 0 Å². The molecule has 0 spiro atoms. The van der Waals surface area contributed by atoms with Crippen LogP contribution in [-0.2, 0) is 22.6 Å². The highest BCUT2D eigenvalue weighted by Crippen LogP contribution is 2.31. The van der Waals surface area contributed by atoms with E-state index in [9.17, 15) is 9.59 Å². The van der Waals surface area contributed by atoms with E-state index in [2.05, 4.69) is 5.32 Å². The van der Waals surface area contributed by atoms with Crippen molar-refractivity contribution >= 4 is 17.5 Å². The van der Waals surface area contributed by atoms with Crippen LogP contribution in [0.5, 0.6) is 0 Å². The van der Waals surface area contributed by atoms with Crippen molar-refractivity contribution in [1.82, 2.24) is 10.2 Å². The third kappa shape index (κ3) is 4.19. The molecule has 0 aliphatic carbocycles. The molecule has 0 bridgehead atoms. The van der Waals surface area contributed by atoms with E-state index in [1.807, 2.05) is 81.4 Å². The second kappa shape index (κ2) is 8.46. The van der Waals surface area contributed by atoms with Gasteiger partial charge in [0, 0.05) is 38.8 Å². The van der Waals surface area contributed by atoms with Crippen LogP contribution in [0.1, 0.15) is 36.6 Å². The van der Waals surface area contributed by atoms with Crippen molar-refractivity contribution in [1.29, 1.82) is 0 Å². The van der Waals surface area contributed by atoms with Gasteiger partial charge in [-0.3, -0.25) is 9.59 Å². The van der Waals surface area contributed by atoms with Crippen LogP contribution in [0.4, 0.5) is 5.69 Å². The molecule has 0 fully saturated rings. The van der Waals surface area contributed by atoms with Gasteiger partial charge in [0.2, 0.25) is 11.8 Å². The fourth-order valence-corrected chi connectivity index (χ4v) is 3.62. The number of nitrogens with zero attached hydrogens (tertiary/aromatic N) is 2. The van der Waals surface area contributed by atoms with E-state index in [0.717, 1.165) is 28.8 Å². The average Bonchev–Trinajstić information content (AvgIpc) is 2.70. The van der Waals surface area contributed by atoms with Crippen molar-refractivity contribution in [3.63, 3.8) is 0 Å². The average molecular weight is 380 g/mol. The minimum Gasteiger partial charge on any atom is -0.378 e. The predicted octanol–water partition coefficient (Wildman–Crippen LogP) is 3.15. The summed E-state index contributed by atoms with van der Waals surface area (Å²) in [4.78, 5) is 29.6. The van der Waals surface area contributed by atoms with Gasteiger partial charge in [-0.25, -0.2) is 0 Å². The fourth-order valence-electron chi connectivity index (χ4n) is 3.62. The fraction of sp³-hybridized carbons (Fsp3) is 0.391. The summed E-state index contributed by atoms with van der Waals surface area (Å²) in [5, 5.41) is 3.04. The molecule has 0 saturated heterocycles. The highest BCUT2D eigenvalue weighted by Gasteiger charge is 2.36. The van der Waals surface area contributed by atoms with Crippen LogP contribution >= 0.6 is 0 Å². The minimum absolute atomic E-state index is 0.0185. The van der Waals surface area contributed by atoms with Gasteiger partial charge in [0.05, 0.1) is 0 Å². The van der Waals surface area contributed by atoms with Crippen molar-refractivity contribution in [2.24, 2.45) is 5.92 Å². The Bertz CT molecular complexity index is 843. The lowest BCUT2D eigenvalue weighted by Gasteiger charge is -2.37. The number of amides is 2.